The van der Waals surface area contributed by atoms with Crippen molar-refractivity contribution in [1.82, 2.24) is 10.2 Å². The zero-order valence-corrected chi connectivity index (χ0v) is 15.9. The highest BCUT2D eigenvalue weighted by molar-refractivity contribution is 5.97. The van der Waals surface area contributed by atoms with Crippen LogP contribution in [0.1, 0.15) is 36.5 Å². The van der Waals surface area contributed by atoms with E-state index in [4.69, 9.17) is 4.74 Å². The highest BCUT2D eigenvalue weighted by Crippen LogP contribution is 2.49. The van der Waals surface area contributed by atoms with Crippen LogP contribution in [-0.2, 0) is 14.3 Å². The summed E-state index contributed by atoms with van der Waals surface area (Å²) in [5.41, 5.74) is 0.647. The van der Waals surface area contributed by atoms with Crippen molar-refractivity contribution >= 4 is 23.5 Å². The maximum atomic E-state index is 12.5. The molecule has 1 aromatic carbocycles. The molecule has 146 valence electrons. The minimum absolute atomic E-state index is 0.150. The third-order valence-electron chi connectivity index (χ3n) is 5.65. The monoisotopic (exact) mass is 373 g/mol. The Labute approximate surface area is 159 Å². The van der Waals surface area contributed by atoms with Crippen molar-refractivity contribution in [2.75, 3.05) is 38.6 Å². The van der Waals surface area contributed by atoms with E-state index in [0.717, 1.165) is 25.8 Å². The van der Waals surface area contributed by atoms with Crippen LogP contribution < -0.4 is 10.6 Å². The Morgan fingerprint density at radius 2 is 2.15 bits per heavy atom. The molecule has 0 unspecified atom stereocenters. The van der Waals surface area contributed by atoms with E-state index in [-0.39, 0.29) is 30.2 Å². The molecule has 27 heavy (non-hydrogen) atoms. The molecule has 1 saturated carbocycles. The van der Waals surface area contributed by atoms with Crippen LogP contribution in [0.4, 0.5) is 5.69 Å². The summed E-state index contributed by atoms with van der Waals surface area (Å²) in [4.78, 5) is 38.7. The zero-order valence-electron chi connectivity index (χ0n) is 15.9. The number of nitrogens with zero attached hydrogens (tertiary/aromatic N) is 1. The van der Waals surface area contributed by atoms with Crippen LogP contribution in [0.25, 0.3) is 0 Å². The second-order valence-electron chi connectivity index (χ2n) is 7.39. The van der Waals surface area contributed by atoms with Gasteiger partial charge in [0.25, 0.3) is 5.91 Å². The van der Waals surface area contributed by atoms with E-state index >= 15 is 0 Å². The molecular formula is C20H27N3O4. The number of ether oxygens (including phenoxy) is 1. The number of hydrogen-bond acceptors (Lipinski definition) is 5. The number of amides is 2. The number of rotatable bonds is 6. The third kappa shape index (κ3) is 3.98. The van der Waals surface area contributed by atoms with Crippen LogP contribution in [0.2, 0.25) is 0 Å². The fraction of sp³-hybridized carbons (Fsp3) is 0.550. The third-order valence-corrected chi connectivity index (χ3v) is 5.65. The first-order chi connectivity index (χ1) is 13.0. The Morgan fingerprint density at radius 3 is 2.89 bits per heavy atom. The number of carbonyl (C=O) groups excluding carboxylic acids is 3. The first kappa shape index (κ1) is 19.4. The molecule has 1 aromatic rings. The SMILES string of the molecule is CCNC(=O)c1cccc(NC(=O)CN2C[C@H]3CCC[C@@]3(C(=O)OC)C2)c1. The molecule has 2 amide bonds. The topological polar surface area (TPSA) is 87.7 Å². The van der Waals surface area contributed by atoms with Gasteiger partial charge in [0.2, 0.25) is 5.91 Å². The fourth-order valence-electron chi connectivity index (χ4n) is 4.46. The second-order valence-corrected chi connectivity index (χ2v) is 7.39. The summed E-state index contributed by atoms with van der Waals surface area (Å²) in [7, 11) is 1.43. The summed E-state index contributed by atoms with van der Waals surface area (Å²) in [6, 6.07) is 6.88. The van der Waals surface area contributed by atoms with Gasteiger partial charge in [-0.15, -0.1) is 0 Å². The van der Waals surface area contributed by atoms with Gasteiger partial charge in [-0.1, -0.05) is 12.5 Å². The molecule has 1 saturated heterocycles. The first-order valence-corrected chi connectivity index (χ1v) is 9.47. The van der Waals surface area contributed by atoms with Crippen molar-refractivity contribution in [3.05, 3.63) is 29.8 Å². The predicted molar refractivity (Wildman–Crippen MR) is 101 cm³/mol. The molecule has 2 atom stereocenters. The number of carbonyl (C=O) groups is 3. The van der Waals surface area contributed by atoms with Crippen LogP contribution >= 0.6 is 0 Å². The van der Waals surface area contributed by atoms with Crippen LogP contribution in [0.5, 0.6) is 0 Å². The average molecular weight is 373 g/mol. The van der Waals surface area contributed by atoms with Gasteiger partial charge >= 0.3 is 5.97 Å². The minimum atomic E-state index is -0.451. The van der Waals surface area contributed by atoms with E-state index in [0.29, 0.717) is 24.3 Å². The molecule has 7 nitrogen and oxygen atoms in total. The zero-order chi connectivity index (χ0) is 19.4. The molecule has 2 N–H and O–H groups in total. The molecule has 3 rings (SSSR count). The predicted octanol–water partition coefficient (Wildman–Crippen LogP) is 1.65. The van der Waals surface area contributed by atoms with Gasteiger partial charge in [-0.2, -0.15) is 0 Å². The molecule has 1 aliphatic heterocycles. The molecule has 1 heterocycles. The van der Waals surface area contributed by atoms with Gasteiger partial charge in [0.15, 0.2) is 0 Å². The number of nitrogens with one attached hydrogen (secondary N) is 2. The van der Waals surface area contributed by atoms with Crippen molar-refractivity contribution in [3.63, 3.8) is 0 Å². The molecule has 0 bridgehead atoms. The number of methoxy groups -OCH3 is 1. The number of fused-ring (bicyclic) bond motifs is 1. The van der Waals surface area contributed by atoms with E-state index in [1.807, 2.05) is 11.8 Å². The summed E-state index contributed by atoms with van der Waals surface area (Å²) in [6.07, 6.45) is 2.87. The molecule has 0 aromatic heterocycles. The molecule has 2 aliphatic rings. The first-order valence-electron chi connectivity index (χ1n) is 9.47. The molecular weight excluding hydrogens is 346 g/mol. The smallest absolute Gasteiger partial charge is 0.313 e. The van der Waals surface area contributed by atoms with Crippen molar-refractivity contribution < 1.29 is 19.1 Å². The highest BCUT2D eigenvalue weighted by atomic mass is 16.5. The summed E-state index contributed by atoms with van der Waals surface area (Å²) >= 11 is 0. The molecule has 0 spiro atoms. The summed E-state index contributed by atoms with van der Waals surface area (Å²) in [5.74, 6) is -0.203. The Bertz CT molecular complexity index is 736. The Morgan fingerprint density at radius 1 is 1.33 bits per heavy atom. The van der Waals surface area contributed by atoms with Gasteiger partial charge in [-0.05, 0) is 43.9 Å². The number of esters is 1. The van der Waals surface area contributed by atoms with E-state index in [1.165, 1.54) is 7.11 Å². The number of benzene rings is 1. The summed E-state index contributed by atoms with van der Waals surface area (Å²) in [5, 5.41) is 5.59. The van der Waals surface area contributed by atoms with Crippen molar-refractivity contribution in [2.45, 2.75) is 26.2 Å². The van der Waals surface area contributed by atoms with Crippen molar-refractivity contribution in [1.29, 1.82) is 0 Å². The van der Waals surface area contributed by atoms with Gasteiger partial charge in [-0.3, -0.25) is 19.3 Å². The summed E-state index contributed by atoms with van der Waals surface area (Å²) in [6.45, 7) is 3.93. The summed E-state index contributed by atoms with van der Waals surface area (Å²) < 4.78 is 5.04. The standard InChI is InChI=1S/C20H27N3O4/c1-3-21-18(25)14-6-4-8-16(10-14)22-17(24)12-23-11-15-7-5-9-20(15,13-23)19(26)27-2/h4,6,8,10,15H,3,5,7,9,11-13H2,1-2H3,(H,21,25)(H,22,24)/t15-,20-/m1/s1. The highest BCUT2D eigenvalue weighted by Gasteiger charge is 2.55. The lowest BCUT2D eigenvalue weighted by atomic mass is 9.81. The quantitative estimate of drug-likeness (QED) is 0.741. The number of hydrogen-bond donors (Lipinski definition) is 2. The van der Waals surface area contributed by atoms with Gasteiger partial charge in [0.1, 0.15) is 0 Å². The normalized spacial score (nSPS) is 24.3. The van der Waals surface area contributed by atoms with E-state index in [1.54, 1.807) is 24.3 Å². The lowest BCUT2D eigenvalue weighted by molar-refractivity contribution is -0.153. The van der Waals surface area contributed by atoms with Gasteiger partial charge in [-0.25, -0.2) is 0 Å². The molecule has 0 radical (unpaired) electrons. The average Bonchev–Trinajstić information content (AvgIpc) is 3.19. The van der Waals surface area contributed by atoms with E-state index < -0.39 is 5.41 Å². The molecule has 2 fully saturated rings. The maximum absolute atomic E-state index is 12.5. The Kier molecular flexibility index (Phi) is 5.79. The largest absolute Gasteiger partial charge is 0.469 e. The minimum Gasteiger partial charge on any atom is -0.469 e. The second kappa shape index (κ2) is 8.08. The molecule has 7 heteroatoms. The number of anilines is 1. The van der Waals surface area contributed by atoms with Gasteiger partial charge in [0.05, 0.1) is 19.1 Å². The lowest BCUT2D eigenvalue weighted by Crippen LogP contribution is -2.38. The van der Waals surface area contributed by atoms with E-state index in [2.05, 4.69) is 10.6 Å². The molecule has 1 aliphatic carbocycles. The van der Waals surface area contributed by atoms with Crippen LogP contribution in [0.3, 0.4) is 0 Å². The van der Waals surface area contributed by atoms with Crippen LogP contribution in [0, 0.1) is 11.3 Å². The Hall–Kier alpha value is -2.41. The Balaban J connectivity index is 1.60. The van der Waals surface area contributed by atoms with Crippen molar-refractivity contribution in [3.8, 4) is 0 Å². The van der Waals surface area contributed by atoms with Crippen LogP contribution in [-0.4, -0.2) is 56.0 Å². The number of likely N-dealkylation sites (tertiary alicyclic amines) is 1. The maximum Gasteiger partial charge on any atom is 0.313 e. The van der Waals surface area contributed by atoms with Crippen LogP contribution in [0.15, 0.2) is 24.3 Å². The van der Waals surface area contributed by atoms with Gasteiger partial charge < -0.3 is 15.4 Å². The van der Waals surface area contributed by atoms with E-state index in [9.17, 15) is 14.4 Å². The lowest BCUT2D eigenvalue weighted by Gasteiger charge is -2.25. The van der Waals surface area contributed by atoms with Crippen molar-refractivity contribution in [2.24, 2.45) is 11.3 Å². The fourth-order valence-corrected chi connectivity index (χ4v) is 4.46. The van der Waals surface area contributed by atoms with Gasteiger partial charge in [0, 0.05) is 30.9 Å².